The molecule has 96 valence electrons. The zero-order valence-corrected chi connectivity index (χ0v) is 11.2. The van der Waals surface area contributed by atoms with Crippen molar-refractivity contribution >= 4 is 18.3 Å². The van der Waals surface area contributed by atoms with E-state index in [4.69, 9.17) is 5.73 Å². The maximum Gasteiger partial charge on any atom is 0.239 e. The first-order valence-corrected chi connectivity index (χ1v) is 5.69. The molecule has 0 heterocycles. The zero-order chi connectivity index (χ0) is 12.0. The van der Waals surface area contributed by atoms with Crippen molar-refractivity contribution in [2.75, 3.05) is 13.6 Å². The highest BCUT2D eigenvalue weighted by Crippen LogP contribution is 2.03. The highest BCUT2D eigenvalue weighted by Gasteiger charge is 2.17. The standard InChI is InChI=1S/C13H20N2O.ClH/c1-3-9-15(2)13(16)12(14)10-11-7-5-4-6-8-11;/h4-8,12H,3,9-10,14H2,1-2H3;1H/t12-;/m0./s1. The largest absolute Gasteiger partial charge is 0.344 e. The second-order valence-electron chi connectivity index (χ2n) is 4.06. The van der Waals surface area contributed by atoms with Crippen molar-refractivity contribution in [2.24, 2.45) is 5.73 Å². The first-order valence-electron chi connectivity index (χ1n) is 5.69. The highest BCUT2D eigenvalue weighted by molar-refractivity contribution is 5.85. The normalized spacial score (nSPS) is 11.5. The lowest BCUT2D eigenvalue weighted by Crippen LogP contribution is -2.43. The van der Waals surface area contributed by atoms with Gasteiger partial charge in [0.05, 0.1) is 6.04 Å². The molecule has 2 N–H and O–H groups in total. The summed E-state index contributed by atoms with van der Waals surface area (Å²) in [5.74, 6) is 0.0192. The molecule has 0 radical (unpaired) electrons. The number of nitrogens with two attached hydrogens (primary N) is 1. The monoisotopic (exact) mass is 256 g/mol. The van der Waals surface area contributed by atoms with Gasteiger partial charge in [-0.05, 0) is 18.4 Å². The van der Waals surface area contributed by atoms with Crippen LogP contribution in [0, 0.1) is 0 Å². The second-order valence-corrected chi connectivity index (χ2v) is 4.06. The van der Waals surface area contributed by atoms with Gasteiger partial charge in [-0.25, -0.2) is 0 Å². The molecule has 1 aromatic rings. The predicted octanol–water partition coefficient (Wildman–Crippen LogP) is 1.85. The summed E-state index contributed by atoms with van der Waals surface area (Å²) in [7, 11) is 1.80. The van der Waals surface area contributed by atoms with Gasteiger partial charge in [0.1, 0.15) is 0 Å². The van der Waals surface area contributed by atoms with E-state index in [1.807, 2.05) is 37.3 Å². The summed E-state index contributed by atoms with van der Waals surface area (Å²) < 4.78 is 0. The van der Waals surface area contributed by atoms with Crippen molar-refractivity contribution in [3.8, 4) is 0 Å². The van der Waals surface area contributed by atoms with Crippen LogP contribution in [0.3, 0.4) is 0 Å². The number of hydrogen-bond donors (Lipinski definition) is 1. The van der Waals surface area contributed by atoms with Gasteiger partial charge >= 0.3 is 0 Å². The lowest BCUT2D eigenvalue weighted by molar-refractivity contribution is -0.131. The fourth-order valence-electron chi connectivity index (χ4n) is 1.68. The Balaban J connectivity index is 0.00000256. The maximum atomic E-state index is 11.8. The molecule has 1 amide bonds. The van der Waals surface area contributed by atoms with Gasteiger partial charge in [0, 0.05) is 13.6 Å². The number of hydrogen-bond acceptors (Lipinski definition) is 2. The molecular weight excluding hydrogens is 236 g/mol. The highest BCUT2D eigenvalue weighted by atomic mass is 35.5. The summed E-state index contributed by atoms with van der Waals surface area (Å²) in [6.45, 7) is 2.81. The Kier molecular flexibility index (Phi) is 7.59. The number of likely N-dealkylation sites (N-methyl/N-ethyl adjacent to an activating group) is 1. The molecule has 1 aromatic carbocycles. The van der Waals surface area contributed by atoms with Crippen LogP contribution in [-0.4, -0.2) is 30.4 Å². The van der Waals surface area contributed by atoms with E-state index in [0.717, 1.165) is 18.5 Å². The van der Waals surface area contributed by atoms with Crippen molar-refractivity contribution in [3.63, 3.8) is 0 Å². The molecule has 4 heteroatoms. The average Bonchev–Trinajstić information content (AvgIpc) is 2.29. The minimum atomic E-state index is -0.432. The van der Waals surface area contributed by atoms with E-state index in [9.17, 15) is 4.79 Å². The zero-order valence-electron chi connectivity index (χ0n) is 10.4. The van der Waals surface area contributed by atoms with Crippen LogP contribution in [0.25, 0.3) is 0 Å². The molecule has 0 aliphatic heterocycles. The lowest BCUT2D eigenvalue weighted by atomic mass is 10.1. The Hall–Kier alpha value is -1.06. The predicted molar refractivity (Wildman–Crippen MR) is 73.3 cm³/mol. The molecule has 1 rings (SSSR count). The topological polar surface area (TPSA) is 46.3 Å². The van der Waals surface area contributed by atoms with Gasteiger partial charge in [-0.15, -0.1) is 12.4 Å². The van der Waals surface area contributed by atoms with E-state index in [2.05, 4.69) is 0 Å². The number of carbonyl (C=O) groups is 1. The van der Waals surface area contributed by atoms with E-state index < -0.39 is 6.04 Å². The minimum Gasteiger partial charge on any atom is -0.344 e. The van der Waals surface area contributed by atoms with E-state index >= 15 is 0 Å². The van der Waals surface area contributed by atoms with Crippen molar-refractivity contribution in [1.29, 1.82) is 0 Å². The van der Waals surface area contributed by atoms with Gasteiger partial charge < -0.3 is 10.6 Å². The Morgan fingerprint density at radius 2 is 1.94 bits per heavy atom. The van der Waals surface area contributed by atoms with Crippen LogP contribution in [-0.2, 0) is 11.2 Å². The smallest absolute Gasteiger partial charge is 0.239 e. The van der Waals surface area contributed by atoms with Crippen molar-refractivity contribution in [1.82, 2.24) is 4.90 Å². The fourth-order valence-corrected chi connectivity index (χ4v) is 1.68. The SMILES string of the molecule is CCCN(C)C(=O)[C@@H](N)Cc1ccccc1.Cl. The second kappa shape index (κ2) is 8.09. The van der Waals surface area contributed by atoms with E-state index in [1.54, 1.807) is 11.9 Å². The van der Waals surface area contributed by atoms with Gasteiger partial charge in [-0.2, -0.15) is 0 Å². The average molecular weight is 257 g/mol. The molecule has 0 spiro atoms. The Bertz CT molecular complexity index is 329. The number of rotatable bonds is 5. The van der Waals surface area contributed by atoms with Crippen LogP contribution < -0.4 is 5.73 Å². The molecule has 0 aliphatic rings. The van der Waals surface area contributed by atoms with Crippen LogP contribution in [0.5, 0.6) is 0 Å². The molecule has 0 fully saturated rings. The molecule has 0 unspecified atom stereocenters. The summed E-state index contributed by atoms with van der Waals surface area (Å²) >= 11 is 0. The first kappa shape index (κ1) is 15.9. The van der Waals surface area contributed by atoms with Gasteiger partial charge in [0.25, 0.3) is 0 Å². The van der Waals surface area contributed by atoms with Crippen molar-refractivity contribution in [2.45, 2.75) is 25.8 Å². The molecule has 3 nitrogen and oxygen atoms in total. The van der Waals surface area contributed by atoms with E-state index in [0.29, 0.717) is 6.42 Å². The molecule has 0 saturated carbocycles. The number of carbonyl (C=O) groups excluding carboxylic acids is 1. The third-order valence-electron chi connectivity index (χ3n) is 2.55. The number of amides is 1. The van der Waals surface area contributed by atoms with Crippen LogP contribution in [0.1, 0.15) is 18.9 Å². The van der Waals surface area contributed by atoms with Crippen LogP contribution >= 0.6 is 12.4 Å². The summed E-state index contributed by atoms with van der Waals surface area (Å²) in [6, 6.07) is 9.43. The van der Waals surface area contributed by atoms with Crippen molar-refractivity contribution in [3.05, 3.63) is 35.9 Å². The summed E-state index contributed by atoms with van der Waals surface area (Å²) in [5, 5.41) is 0. The maximum absolute atomic E-state index is 11.8. The molecule has 0 aromatic heterocycles. The number of benzene rings is 1. The lowest BCUT2D eigenvalue weighted by Gasteiger charge is -2.20. The Morgan fingerprint density at radius 3 is 2.47 bits per heavy atom. The number of halogens is 1. The van der Waals surface area contributed by atoms with Crippen LogP contribution in [0.2, 0.25) is 0 Å². The summed E-state index contributed by atoms with van der Waals surface area (Å²) in [6.07, 6.45) is 1.56. The molecule has 0 bridgehead atoms. The Morgan fingerprint density at radius 1 is 1.35 bits per heavy atom. The fraction of sp³-hybridized carbons (Fsp3) is 0.462. The van der Waals surface area contributed by atoms with Gasteiger partial charge in [0.15, 0.2) is 0 Å². The molecule has 17 heavy (non-hydrogen) atoms. The Labute approximate surface area is 109 Å². The van der Waals surface area contributed by atoms with Gasteiger partial charge in [0.2, 0.25) is 5.91 Å². The summed E-state index contributed by atoms with van der Waals surface area (Å²) in [4.78, 5) is 13.5. The molecule has 0 saturated heterocycles. The van der Waals surface area contributed by atoms with E-state index in [-0.39, 0.29) is 18.3 Å². The van der Waals surface area contributed by atoms with Crippen LogP contribution in [0.4, 0.5) is 0 Å². The summed E-state index contributed by atoms with van der Waals surface area (Å²) in [5.41, 5.74) is 6.99. The molecule has 0 aliphatic carbocycles. The first-order chi connectivity index (χ1) is 7.65. The third-order valence-corrected chi connectivity index (χ3v) is 2.55. The van der Waals surface area contributed by atoms with Crippen molar-refractivity contribution < 1.29 is 4.79 Å². The minimum absolute atomic E-state index is 0. The molecular formula is C13H21ClN2O. The van der Waals surface area contributed by atoms with Gasteiger partial charge in [-0.3, -0.25) is 4.79 Å². The number of nitrogens with zero attached hydrogens (tertiary/aromatic N) is 1. The quantitative estimate of drug-likeness (QED) is 0.874. The molecule has 1 atom stereocenters. The third kappa shape index (κ3) is 5.20. The van der Waals surface area contributed by atoms with E-state index in [1.165, 1.54) is 0 Å². The van der Waals surface area contributed by atoms with Crippen LogP contribution in [0.15, 0.2) is 30.3 Å². The van der Waals surface area contributed by atoms with Gasteiger partial charge in [-0.1, -0.05) is 37.3 Å².